The molecule has 0 saturated heterocycles. The largest absolute Gasteiger partial charge is 0.342 e. The Balaban J connectivity index is 1.77. The van der Waals surface area contributed by atoms with Gasteiger partial charge in [0.05, 0.1) is 17.2 Å². The molecular formula is C14H19N5OS. The monoisotopic (exact) mass is 305 g/mol. The number of aromatic nitrogens is 4. The Kier molecular flexibility index (Phi) is 4.01. The number of hydrogen-bond donors (Lipinski definition) is 1. The molecule has 1 atom stereocenters. The number of rotatable bonds is 3. The molecule has 0 aromatic carbocycles. The number of hydrogen-bond acceptors (Lipinski definition) is 5. The first-order chi connectivity index (χ1) is 10.2. The van der Waals surface area contributed by atoms with Crippen molar-refractivity contribution in [2.45, 2.75) is 52.1 Å². The van der Waals surface area contributed by atoms with Crippen molar-refractivity contribution < 1.29 is 4.79 Å². The lowest BCUT2D eigenvalue weighted by Gasteiger charge is -2.15. The Bertz CT molecular complexity index is 648. The topological polar surface area (TPSA) is 72.7 Å². The number of fused-ring (bicyclic) bond motifs is 1. The first-order valence-corrected chi connectivity index (χ1v) is 8.17. The molecule has 3 rings (SSSR count). The zero-order valence-corrected chi connectivity index (χ0v) is 13.1. The first kappa shape index (κ1) is 14.2. The molecule has 0 saturated carbocycles. The molecule has 21 heavy (non-hydrogen) atoms. The van der Waals surface area contributed by atoms with Crippen LogP contribution in [0.5, 0.6) is 0 Å². The van der Waals surface area contributed by atoms with Crippen molar-refractivity contribution in [1.82, 2.24) is 25.1 Å². The van der Waals surface area contributed by atoms with Crippen molar-refractivity contribution in [1.29, 1.82) is 0 Å². The predicted molar refractivity (Wildman–Crippen MR) is 80.3 cm³/mol. The third-order valence-electron chi connectivity index (χ3n) is 3.82. The van der Waals surface area contributed by atoms with Crippen LogP contribution in [0.2, 0.25) is 0 Å². The van der Waals surface area contributed by atoms with Gasteiger partial charge in [-0.25, -0.2) is 4.98 Å². The SMILES string of the molecule is Cc1ncsc1C(=O)N[C@H](C)c1nnc2n1CCCCC2. The molecule has 0 fully saturated rings. The Hall–Kier alpha value is -1.76. The quantitative estimate of drug-likeness (QED) is 0.944. The molecule has 7 heteroatoms. The average molecular weight is 305 g/mol. The summed E-state index contributed by atoms with van der Waals surface area (Å²) >= 11 is 1.36. The van der Waals surface area contributed by atoms with Crippen LogP contribution in [0.4, 0.5) is 0 Å². The van der Waals surface area contributed by atoms with E-state index in [4.69, 9.17) is 0 Å². The number of carbonyl (C=O) groups excluding carboxylic acids is 1. The van der Waals surface area contributed by atoms with Crippen molar-refractivity contribution in [3.63, 3.8) is 0 Å². The molecule has 2 aromatic rings. The summed E-state index contributed by atoms with van der Waals surface area (Å²) < 4.78 is 2.16. The highest BCUT2D eigenvalue weighted by Crippen LogP contribution is 2.20. The number of carbonyl (C=O) groups is 1. The van der Waals surface area contributed by atoms with Gasteiger partial charge in [0.2, 0.25) is 0 Å². The lowest BCUT2D eigenvalue weighted by Crippen LogP contribution is -2.28. The van der Waals surface area contributed by atoms with Gasteiger partial charge in [0.1, 0.15) is 10.7 Å². The fourth-order valence-electron chi connectivity index (χ4n) is 2.67. The van der Waals surface area contributed by atoms with Gasteiger partial charge in [-0.1, -0.05) is 6.42 Å². The summed E-state index contributed by atoms with van der Waals surface area (Å²) in [7, 11) is 0. The maximum absolute atomic E-state index is 12.3. The minimum atomic E-state index is -0.154. The zero-order valence-electron chi connectivity index (χ0n) is 12.3. The standard InChI is InChI=1S/C14H19N5OS/c1-9-12(21-8-15-9)14(20)16-10(2)13-18-17-11-6-4-3-5-7-19(11)13/h8,10H,3-7H2,1-2H3,(H,16,20)/t10-/m1/s1. The molecule has 0 aliphatic carbocycles. The van der Waals surface area contributed by atoms with Crippen LogP contribution in [0.25, 0.3) is 0 Å². The molecule has 0 radical (unpaired) electrons. The lowest BCUT2D eigenvalue weighted by molar-refractivity contribution is 0.0941. The third-order valence-corrected chi connectivity index (χ3v) is 4.75. The summed E-state index contributed by atoms with van der Waals surface area (Å²) in [6, 6.07) is -0.154. The van der Waals surface area contributed by atoms with Gasteiger partial charge in [-0.3, -0.25) is 4.79 Å². The number of amides is 1. The van der Waals surface area contributed by atoms with E-state index in [0.29, 0.717) is 4.88 Å². The van der Waals surface area contributed by atoms with Crippen LogP contribution in [0.1, 0.15) is 59.2 Å². The van der Waals surface area contributed by atoms with Gasteiger partial charge in [0, 0.05) is 13.0 Å². The number of thiazole rings is 1. The van der Waals surface area contributed by atoms with Crippen LogP contribution in [0.15, 0.2) is 5.51 Å². The molecular weight excluding hydrogens is 286 g/mol. The molecule has 6 nitrogen and oxygen atoms in total. The molecule has 2 aromatic heterocycles. The second kappa shape index (κ2) is 5.93. The second-order valence-electron chi connectivity index (χ2n) is 5.40. The van der Waals surface area contributed by atoms with Gasteiger partial charge in [-0.15, -0.1) is 21.5 Å². The highest BCUT2D eigenvalue weighted by Gasteiger charge is 2.22. The van der Waals surface area contributed by atoms with E-state index >= 15 is 0 Å². The van der Waals surface area contributed by atoms with E-state index in [1.54, 1.807) is 5.51 Å². The van der Waals surface area contributed by atoms with E-state index in [-0.39, 0.29) is 11.9 Å². The van der Waals surface area contributed by atoms with Crippen LogP contribution in [-0.4, -0.2) is 25.7 Å². The smallest absolute Gasteiger partial charge is 0.263 e. The summed E-state index contributed by atoms with van der Waals surface area (Å²) in [5.41, 5.74) is 2.46. The average Bonchev–Trinajstić information content (AvgIpc) is 2.99. The molecule has 0 unspecified atom stereocenters. The van der Waals surface area contributed by atoms with Crippen LogP contribution >= 0.6 is 11.3 Å². The van der Waals surface area contributed by atoms with Crippen molar-refractivity contribution in [2.75, 3.05) is 0 Å². The van der Waals surface area contributed by atoms with Gasteiger partial charge in [0.15, 0.2) is 5.82 Å². The Labute approximate surface area is 127 Å². The van der Waals surface area contributed by atoms with E-state index in [1.165, 1.54) is 24.2 Å². The molecule has 1 aliphatic heterocycles. The summed E-state index contributed by atoms with van der Waals surface area (Å²) in [4.78, 5) is 17.0. The zero-order chi connectivity index (χ0) is 14.8. The van der Waals surface area contributed by atoms with Gasteiger partial charge in [-0.05, 0) is 26.7 Å². The highest BCUT2D eigenvalue weighted by molar-refractivity contribution is 7.11. The number of aryl methyl sites for hydroxylation is 2. The summed E-state index contributed by atoms with van der Waals surface area (Å²) in [5, 5.41) is 11.6. The van der Waals surface area contributed by atoms with E-state index in [9.17, 15) is 4.79 Å². The summed E-state index contributed by atoms with van der Waals surface area (Å²) in [6.07, 6.45) is 4.51. The molecule has 3 heterocycles. The minimum Gasteiger partial charge on any atom is -0.342 e. The highest BCUT2D eigenvalue weighted by atomic mass is 32.1. The summed E-state index contributed by atoms with van der Waals surface area (Å²) in [5.74, 6) is 1.80. The summed E-state index contributed by atoms with van der Waals surface area (Å²) in [6.45, 7) is 4.74. The second-order valence-corrected chi connectivity index (χ2v) is 6.25. The fourth-order valence-corrected chi connectivity index (χ4v) is 3.38. The molecule has 112 valence electrons. The van der Waals surface area contributed by atoms with Gasteiger partial charge < -0.3 is 9.88 Å². The van der Waals surface area contributed by atoms with Gasteiger partial charge in [-0.2, -0.15) is 0 Å². The van der Waals surface area contributed by atoms with Crippen LogP contribution < -0.4 is 5.32 Å². The predicted octanol–water partition coefficient (Wildman–Crippen LogP) is 2.26. The first-order valence-electron chi connectivity index (χ1n) is 7.29. The maximum Gasteiger partial charge on any atom is 0.263 e. The van der Waals surface area contributed by atoms with Crippen molar-refractivity contribution in [3.8, 4) is 0 Å². The maximum atomic E-state index is 12.3. The van der Waals surface area contributed by atoms with Crippen molar-refractivity contribution in [2.24, 2.45) is 0 Å². The van der Waals surface area contributed by atoms with Crippen molar-refractivity contribution in [3.05, 3.63) is 27.7 Å². The van der Waals surface area contributed by atoms with Crippen molar-refractivity contribution >= 4 is 17.2 Å². The molecule has 0 bridgehead atoms. The minimum absolute atomic E-state index is 0.0894. The van der Waals surface area contributed by atoms with Crippen LogP contribution in [-0.2, 0) is 13.0 Å². The Morgan fingerprint density at radius 1 is 1.38 bits per heavy atom. The van der Waals surface area contributed by atoms with E-state index in [0.717, 1.165) is 36.7 Å². The molecule has 1 aliphatic rings. The molecule has 0 spiro atoms. The van der Waals surface area contributed by atoms with Crippen LogP contribution in [0, 0.1) is 6.92 Å². The van der Waals surface area contributed by atoms with Gasteiger partial charge >= 0.3 is 0 Å². The third kappa shape index (κ3) is 2.83. The number of nitrogens with one attached hydrogen (secondary N) is 1. The lowest BCUT2D eigenvalue weighted by atomic mass is 10.2. The molecule has 1 amide bonds. The van der Waals surface area contributed by atoms with E-state index in [1.807, 2.05) is 13.8 Å². The van der Waals surface area contributed by atoms with E-state index in [2.05, 4.69) is 25.1 Å². The van der Waals surface area contributed by atoms with Crippen LogP contribution in [0.3, 0.4) is 0 Å². The fraction of sp³-hybridized carbons (Fsp3) is 0.571. The number of nitrogens with zero attached hydrogens (tertiary/aromatic N) is 4. The van der Waals surface area contributed by atoms with Gasteiger partial charge in [0.25, 0.3) is 5.91 Å². The normalized spacial score (nSPS) is 16.1. The van der Waals surface area contributed by atoms with E-state index < -0.39 is 0 Å². The Morgan fingerprint density at radius 2 is 2.24 bits per heavy atom. The molecule has 1 N–H and O–H groups in total. The Morgan fingerprint density at radius 3 is 3.00 bits per heavy atom.